The van der Waals surface area contributed by atoms with Gasteiger partial charge in [-0.15, -0.1) is 0 Å². The molecule has 1 N–H and O–H groups in total. The summed E-state index contributed by atoms with van der Waals surface area (Å²) in [5, 5.41) is 7.75. The van der Waals surface area contributed by atoms with Crippen molar-refractivity contribution < 1.29 is 0 Å². The summed E-state index contributed by atoms with van der Waals surface area (Å²) in [7, 11) is 0. The topological polar surface area (TPSA) is 46.9 Å². The van der Waals surface area contributed by atoms with Crippen LogP contribution in [-0.4, -0.2) is 16.3 Å². The van der Waals surface area contributed by atoms with Gasteiger partial charge in [0, 0.05) is 32.1 Å². The quantitative estimate of drug-likeness (QED) is 0.894. The highest BCUT2D eigenvalue weighted by Gasteiger charge is 2.12. The molecule has 0 bridgehead atoms. The Balaban J connectivity index is 1.79. The zero-order valence-electron chi connectivity index (χ0n) is 10.8. The Morgan fingerprint density at radius 2 is 2.11 bits per heavy atom. The van der Waals surface area contributed by atoms with Gasteiger partial charge >= 0.3 is 0 Å². The lowest BCUT2D eigenvalue weighted by Gasteiger charge is -2.17. The van der Waals surface area contributed by atoms with Gasteiger partial charge < -0.3 is 5.32 Å². The highest BCUT2D eigenvalue weighted by atomic mass is 16.1. The molecular weight excluding hydrogens is 238 g/mol. The second-order valence-corrected chi connectivity index (χ2v) is 4.84. The fourth-order valence-electron chi connectivity index (χ4n) is 2.40. The molecule has 0 aliphatic carbocycles. The zero-order valence-corrected chi connectivity index (χ0v) is 10.8. The molecule has 1 aromatic carbocycles. The van der Waals surface area contributed by atoms with Crippen LogP contribution in [0.15, 0.2) is 41.2 Å². The van der Waals surface area contributed by atoms with Gasteiger partial charge in [0.05, 0.1) is 5.69 Å². The van der Waals surface area contributed by atoms with Gasteiger partial charge in [0.1, 0.15) is 0 Å². The lowest BCUT2D eigenvalue weighted by molar-refractivity contribution is 0.533. The van der Waals surface area contributed by atoms with Crippen LogP contribution >= 0.6 is 0 Å². The highest BCUT2D eigenvalue weighted by Crippen LogP contribution is 2.08. The Labute approximate surface area is 112 Å². The van der Waals surface area contributed by atoms with Crippen molar-refractivity contribution in [2.24, 2.45) is 0 Å². The van der Waals surface area contributed by atoms with Crippen LogP contribution in [0.2, 0.25) is 0 Å². The van der Waals surface area contributed by atoms with Crippen molar-refractivity contribution in [3.05, 3.63) is 63.6 Å². The summed E-state index contributed by atoms with van der Waals surface area (Å²) < 4.78 is 1.59. The van der Waals surface area contributed by atoms with Crippen molar-refractivity contribution >= 4 is 0 Å². The minimum Gasteiger partial charge on any atom is -0.312 e. The Bertz CT molecular complexity index is 619. The summed E-state index contributed by atoms with van der Waals surface area (Å²) in [5.74, 6) is 0. The van der Waals surface area contributed by atoms with E-state index in [2.05, 4.69) is 22.5 Å². The zero-order chi connectivity index (χ0) is 13.1. The molecule has 0 atom stereocenters. The minimum absolute atomic E-state index is 0.00150. The van der Waals surface area contributed by atoms with E-state index in [-0.39, 0.29) is 5.56 Å². The number of nitrogens with zero attached hydrogens (tertiary/aromatic N) is 2. The third kappa shape index (κ3) is 2.74. The van der Waals surface area contributed by atoms with Gasteiger partial charge in [0.15, 0.2) is 0 Å². The molecule has 4 heteroatoms. The SMILES string of the molecule is O=c1cc2c(nn1CCc1ccccc1)CCNC2. The van der Waals surface area contributed by atoms with Crippen LogP contribution in [0.5, 0.6) is 0 Å². The number of benzene rings is 1. The molecule has 1 aromatic heterocycles. The summed E-state index contributed by atoms with van der Waals surface area (Å²) in [6, 6.07) is 11.9. The molecule has 0 fully saturated rings. The number of hydrogen-bond acceptors (Lipinski definition) is 3. The van der Waals surface area contributed by atoms with Crippen molar-refractivity contribution in [2.45, 2.75) is 25.9 Å². The van der Waals surface area contributed by atoms with Gasteiger partial charge in [-0.2, -0.15) is 5.10 Å². The van der Waals surface area contributed by atoms with E-state index in [0.717, 1.165) is 37.2 Å². The van der Waals surface area contributed by atoms with Crippen LogP contribution in [0, 0.1) is 0 Å². The van der Waals surface area contributed by atoms with Gasteiger partial charge in [-0.1, -0.05) is 30.3 Å². The fourth-order valence-corrected chi connectivity index (χ4v) is 2.40. The maximum absolute atomic E-state index is 12.0. The first-order valence-corrected chi connectivity index (χ1v) is 6.67. The molecular formula is C15H17N3O. The number of aryl methyl sites for hydroxylation is 2. The molecule has 4 nitrogen and oxygen atoms in total. The van der Waals surface area contributed by atoms with E-state index in [0.29, 0.717) is 6.54 Å². The van der Waals surface area contributed by atoms with Crippen LogP contribution in [0.4, 0.5) is 0 Å². The maximum Gasteiger partial charge on any atom is 0.267 e. The standard InChI is InChI=1S/C15H17N3O/c19-15-10-13-11-16-8-6-14(13)17-18(15)9-7-12-4-2-1-3-5-12/h1-5,10,16H,6-9,11H2. The first kappa shape index (κ1) is 12.1. The Morgan fingerprint density at radius 3 is 2.95 bits per heavy atom. The Kier molecular flexibility index (Phi) is 3.42. The molecule has 2 aromatic rings. The van der Waals surface area contributed by atoms with Crippen LogP contribution < -0.4 is 10.9 Å². The molecule has 98 valence electrons. The molecule has 1 aliphatic rings. The van der Waals surface area contributed by atoms with Crippen LogP contribution in [0.1, 0.15) is 16.8 Å². The van der Waals surface area contributed by atoms with Crippen molar-refractivity contribution in [3.8, 4) is 0 Å². The second-order valence-electron chi connectivity index (χ2n) is 4.84. The van der Waals surface area contributed by atoms with E-state index < -0.39 is 0 Å². The van der Waals surface area contributed by atoms with E-state index >= 15 is 0 Å². The van der Waals surface area contributed by atoms with Gasteiger partial charge in [-0.25, -0.2) is 4.68 Å². The van der Waals surface area contributed by atoms with E-state index in [9.17, 15) is 4.79 Å². The first-order chi connectivity index (χ1) is 9.33. The Hall–Kier alpha value is -1.94. The molecule has 0 saturated carbocycles. The summed E-state index contributed by atoms with van der Waals surface area (Å²) in [6.07, 6.45) is 1.74. The monoisotopic (exact) mass is 255 g/mol. The normalized spacial score (nSPS) is 14.1. The lowest BCUT2D eigenvalue weighted by atomic mass is 10.1. The largest absolute Gasteiger partial charge is 0.312 e. The smallest absolute Gasteiger partial charge is 0.267 e. The average molecular weight is 255 g/mol. The molecule has 1 aliphatic heterocycles. The average Bonchev–Trinajstić information content (AvgIpc) is 2.46. The van der Waals surface area contributed by atoms with Crippen molar-refractivity contribution in [3.63, 3.8) is 0 Å². The molecule has 19 heavy (non-hydrogen) atoms. The number of nitrogens with one attached hydrogen (secondary N) is 1. The first-order valence-electron chi connectivity index (χ1n) is 6.67. The summed E-state index contributed by atoms with van der Waals surface area (Å²) in [4.78, 5) is 12.0. The molecule has 2 heterocycles. The molecule has 0 unspecified atom stereocenters. The van der Waals surface area contributed by atoms with Gasteiger partial charge in [-0.05, 0) is 17.5 Å². The van der Waals surface area contributed by atoms with Crippen LogP contribution in [-0.2, 0) is 25.9 Å². The molecule has 0 amide bonds. The second kappa shape index (κ2) is 5.36. The van der Waals surface area contributed by atoms with E-state index in [4.69, 9.17) is 0 Å². The Morgan fingerprint density at radius 1 is 1.26 bits per heavy atom. The molecule has 0 radical (unpaired) electrons. The minimum atomic E-state index is -0.00150. The van der Waals surface area contributed by atoms with Crippen LogP contribution in [0.25, 0.3) is 0 Å². The lowest BCUT2D eigenvalue weighted by Crippen LogP contribution is -2.32. The van der Waals surface area contributed by atoms with E-state index in [1.807, 2.05) is 18.2 Å². The summed E-state index contributed by atoms with van der Waals surface area (Å²) >= 11 is 0. The maximum atomic E-state index is 12.0. The van der Waals surface area contributed by atoms with Crippen LogP contribution in [0.3, 0.4) is 0 Å². The number of hydrogen-bond donors (Lipinski definition) is 1. The van der Waals surface area contributed by atoms with Crippen molar-refractivity contribution in [1.82, 2.24) is 15.1 Å². The third-order valence-corrected chi connectivity index (χ3v) is 3.47. The summed E-state index contributed by atoms with van der Waals surface area (Å²) in [6.45, 7) is 2.34. The fraction of sp³-hybridized carbons (Fsp3) is 0.333. The van der Waals surface area contributed by atoms with E-state index in [1.165, 1.54) is 5.56 Å². The van der Waals surface area contributed by atoms with Gasteiger partial charge in [-0.3, -0.25) is 4.79 Å². The predicted molar refractivity (Wildman–Crippen MR) is 74.1 cm³/mol. The molecule has 3 rings (SSSR count). The van der Waals surface area contributed by atoms with E-state index in [1.54, 1.807) is 10.7 Å². The molecule has 0 spiro atoms. The number of aromatic nitrogens is 2. The number of fused-ring (bicyclic) bond motifs is 1. The van der Waals surface area contributed by atoms with Crippen molar-refractivity contribution in [1.29, 1.82) is 0 Å². The number of rotatable bonds is 3. The third-order valence-electron chi connectivity index (χ3n) is 3.47. The highest BCUT2D eigenvalue weighted by molar-refractivity contribution is 5.20. The van der Waals surface area contributed by atoms with Crippen molar-refractivity contribution in [2.75, 3.05) is 6.54 Å². The van der Waals surface area contributed by atoms with Gasteiger partial charge in [0.25, 0.3) is 5.56 Å². The predicted octanol–water partition coefficient (Wildman–Crippen LogP) is 1.13. The molecule has 0 saturated heterocycles. The summed E-state index contributed by atoms with van der Waals surface area (Å²) in [5.41, 5.74) is 3.34. The van der Waals surface area contributed by atoms with Gasteiger partial charge in [0.2, 0.25) is 0 Å².